The molecule has 8 nitrogen and oxygen atoms in total. The summed E-state index contributed by atoms with van der Waals surface area (Å²) >= 11 is 1.23. The van der Waals surface area contributed by atoms with E-state index < -0.39 is 10.8 Å². The van der Waals surface area contributed by atoms with E-state index in [2.05, 4.69) is 23.8 Å². The van der Waals surface area contributed by atoms with Gasteiger partial charge in [-0.1, -0.05) is 32.5 Å². The molecule has 0 unspecified atom stereocenters. The molecule has 1 aliphatic rings. The van der Waals surface area contributed by atoms with Crippen molar-refractivity contribution in [2.24, 2.45) is 13.0 Å². The van der Waals surface area contributed by atoms with Crippen LogP contribution in [0.15, 0.2) is 14.6 Å². The second-order valence-electron chi connectivity index (χ2n) is 7.10. The van der Waals surface area contributed by atoms with Crippen LogP contribution in [0.2, 0.25) is 0 Å². The lowest BCUT2D eigenvalue weighted by Gasteiger charge is -2.15. The summed E-state index contributed by atoms with van der Waals surface area (Å²) in [5.74, 6) is 0.592. The topological polar surface area (TPSA) is 96.1 Å². The Kier molecular flexibility index (Phi) is 5.69. The standard InChI is InChI=1S/C18H24N4O4S/c1-5-7-22-14-13(16(23)21(4)18(22)25)15(20-12(19-14)9-10(2)3)27-11-6-8-26-17(11)24/h10-11H,5-9H2,1-4H3/t11-/m1/s1. The first-order valence-electron chi connectivity index (χ1n) is 9.17. The fourth-order valence-electron chi connectivity index (χ4n) is 3.07. The van der Waals surface area contributed by atoms with Crippen LogP contribution in [-0.4, -0.2) is 36.9 Å². The number of fused-ring (bicyclic) bond motifs is 1. The first-order chi connectivity index (χ1) is 12.8. The number of ether oxygens (including phenoxy) is 1. The molecular weight excluding hydrogens is 368 g/mol. The first kappa shape index (κ1) is 19.6. The van der Waals surface area contributed by atoms with E-state index in [1.807, 2.05) is 6.92 Å². The van der Waals surface area contributed by atoms with E-state index in [-0.39, 0.29) is 11.7 Å². The fourth-order valence-corrected chi connectivity index (χ4v) is 4.17. The average Bonchev–Trinajstić information content (AvgIpc) is 3.00. The second-order valence-corrected chi connectivity index (χ2v) is 8.29. The molecule has 27 heavy (non-hydrogen) atoms. The van der Waals surface area contributed by atoms with Crippen molar-refractivity contribution >= 4 is 28.8 Å². The number of aromatic nitrogens is 4. The Morgan fingerprint density at radius 1 is 1.26 bits per heavy atom. The van der Waals surface area contributed by atoms with Crippen LogP contribution in [0.3, 0.4) is 0 Å². The molecule has 0 spiro atoms. The summed E-state index contributed by atoms with van der Waals surface area (Å²) in [5.41, 5.74) is -0.475. The number of thioether (sulfide) groups is 1. The summed E-state index contributed by atoms with van der Waals surface area (Å²) in [4.78, 5) is 46.5. The van der Waals surface area contributed by atoms with Crippen LogP contribution in [0, 0.1) is 5.92 Å². The molecule has 0 saturated carbocycles. The summed E-state index contributed by atoms with van der Waals surface area (Å²) in [7, 11) is 1.45. The Balaban J connectivity index is 2.28. The Labute approximate surface area is 161 Å². The molecular formula is C18H24N4O4S. The van der Waals surface area contributed by atoms with Gasteiger partial charge in [-0.2, -0.15) is 0 Å². The maximum absolute atomic E-state index is 12.9. The third-order valence-electron chi connectivity index (χ3n) is 4.37. The molecule has 1 saturated heterocycles. The van der Waals surface area contributed by atoms with Crippen molar-refractivity contribution in [1.29, 1.82) is 0 Å². The van der Waals surface area contributed by atoms with Crippen LogP contribution in [0.25, 0.3) is 11.0 Å². The molecule has 1 atom stereocenters. The average molecular weight is 392 g/mol. The minimum absolute atomic E-state index is 0.294. The van der Waals surface area contributed by atoms with Crippen molar-refractivity contribution in [3.63, 3.8) is 0 Å². The Hall–Kier alpha value is -2.16. The summed E-state index contributed by atoms with van der Waals surface area (Å²) in [6.45, 7) is 6.90. The number of carbonyl (C=O) groups is 1. The van der Waals surface area contributed by atoms with Gasteiger partial charge in [0.2, 0.25) is 0 Å². The number of rotatable bonds is 6. The molecule has 2 aromatic rings. The molecule has 0 bridgehead atoms. The van der Waals surface area contributed by atoms with Crippen LogP contribution < -0.4 is 11.2 Å². The van der Waals surface area contributed by atoms with Crippen LogP contribution in [-0.2, 0) is 29.5 Å². The van der Waals surface area contributed by atoms with Gasteiger partial charge in [0, 0.05) is 26.4 Å². The van der Waals surface area contributed by atoms with Gasteiger partial charge in [-0.3, -0.25) is 18.7 Å². The number of carbonyl (C=O) groups excluding carboxylic acids is 1. The Bertz CT molecular complexity index is 995. The number of aryl methyl sites for hydroxylation is 1. The molecule has 0 N–H and O–H groups in total. The highest BCUT2D eigenvalue weighted by atomic mass is 32.2. The predicted octanol–water partition coefficient (Wildman–Crippen LogP) is 1.51. The highest BCUT2D eigenvalue weighted by Crippen LogP contribution is 2.31. The molecule has 3 rings (SSSR count). The first-order valence-corrected chi connectivity index (χ1v) is 10.0. The lowest BCUT2D eigenvalue weighted by molar-refractivity contribution is -0.137. The second kappa shape index (κ2) is 7.84. The normalized spacial score (nSPS) is 17.1. The summed E-state index contributed by atoms with van der Waals surface area (Å²) < 4.78 is 7.65. The molecule has 0 amide bonds. The Morgan fingerprint density at radius 2 is 2.00 bits per heavy atom. The van der Waals surface area contributed by atoms with Crippen LogP contribution in [0.4, 0.5) is 0 Å². The van der Waals surface area contributed by atoms with Gasteiger partial charge in [-0.05, 0) is 12.3 Å². The summed E-state index contributed by atoms with van der Waals surface area (Å²) in [6, 6.07) is 0. The van der Waals surface area contributed by atoms with Gasteiger partial charge in [-0.15, -0.1) is 0 Å². The van der Waals surface area contributed by atoms with Gasteiger partial charge in [0.25, 0.3) is 5.56 Å². The van der Waals surface area contributed by atoms with Crippen LogP contribution in [0.5, 0.6) is 0 Å². The summed E-state index contributed by atoms with van der Waals surface area (Å²) in [5, 5.41) is 0.346. The van der Waals surface area contributed by atoms with Crippen molar-refractivity contribution in [3.05, 3.63) is 26.7 Å². The van der Waals surface area contributed by atoms with E-state index in [4.69, 9.17) is 4.74 Å². The molecule has 0 aliphatic carbocycles. The van der Waals surface area contributed by atoms with Crippen molar-refractivity contribution in [2.45, 2.75) is 56.9 Å². The molecule has 0 aromatic carbocycles. The van der Waals surface area contributed by atoms with Gasteiger partial charge in [0.05, 0.1) is 6.61 Å². The molecule has 2 aromatic heterocycles. The predicted molar refractivity (Wildman–Crippen MR) is 103 cm³/mol. The number of hydrogen-bond acceptors (Lipinski definition) is 7. The summed E-state index contributed by atoms with van der Waals surface area (Å²) in [6.07, 6.45) is 1.92. The minimum atomic E-state index is -0.438. The van der Waals surface area contributed by atoms with Crippen molar-refractivity contribution in [2.75, 3.05) is 6.61 Å². The van der Waals surface area contributed by atoms with Crippen LogP contribution >= 0.6 is 11.8 Å². The highest BCUT2D eigenvalue weighted by Gasteiger charge is 2.30. The zero-order valence-corrected chi connectivity index (χ0v) is 16.8. The molecule has 1 fully saturated rings. The third kappa shape index (κ3) is 3.78. The third-order valence-corrected chi connectivity index (χ3v) is 5.61. The smallest absolute Gasteiger partial charge is 0.332 e. The SMILES string of the molecule is CCCn1c(=O)n(C)c(=O)c2c(S[C@@H]3CCOC3=O)nc(CC(C)C)nc21. The monoisotopic (exact) mass is 392 g/mol. The van der Waals surface area contributed by atoms with Crippen molar-refractivity contribution in [3.8, 4) is 0 Å². The van der Waals surface area contributed by atoms with Crippen molar-refractivity contribution in [1.82, 2.24) is 19.1 Å². The van der Waals surface area contributed by atoms with E-state index in [0.717, 1.165) is 11.0 Å². The van der Waals surface area contributed by atoms with E-state index in [1.165, 1.54) is 23.4 Å². The molecule has 146 valence electrons. The largest absolute Gasteiger partial charge is 0.465 e. The lowest BCUT2D eigenvalue weighted by Crippen LogP contribution is -2.39. The number of cyclic esters (lactones) is 1. The minimum Gasteiger partial charge on any atom is -0.465 e. The zero-order valence-electron chi connectivity index (χ0n) is 16.0. The molecule has 9 heteroatoms. The van der Waals surface area contributed by atoms with Crippen molar-refractivity contribution < 1.29 is 9.53 Å². The van der Waals surface area contributed by atoms with Crippen LogP contribution in [0.1, 0.15) is 39.4 Å². The van der Waals surface area contributed by atoms with E-state index in [9.17, 15) is 14.4 Å². The van der Waals surface area contributed by atoms with E-state index in [1.54, 1.807) is 0 Å². The molecule has 0 radical (unpaired) electrons. The fraction of sp³-hybridized carbons (Fsp3) is 0.611. The number of hydrogen-bond donors (Lipinski definition) is 0. The van der Waals surface area contributed by atoms with Gasteiger partial charge in [0.1, 0.15) is 21.5 Å². The van der Waals surface area contributed by atoms with E-state index >= 15 is 0 Å². The van der Waals surface area contributed by atoms with Gasteiger partial charge < -0.3 is 4.74 Å². The maximum atomic E-state index is 12.9. The highest BCUT2D eigenvalue weighted by molar-refractivity contribution is 8.00. The zero-order chi connectivity index (χ0) is 19.7. The number of esters is 1. The Morgan fingerprint density at radius 3 is 2.59 bits per heavy atom. The molecule has 1 aliphatic heterocycles. The lowest BCUT2D eigenvalue weighted by atomic mass is 10.1. The van der Waals surface area contributed by atoms with Gasteiger partial charge in [-0.25, -0.2) is 14.8 Å². The molecule has 3 heterocycles. The number of nitrogens with zero attached hydrogens (tertiary/aromatic N) is 4. The van der Waals surface area contributed by atoms with E-state index in [0.29, 0.717) is 53.8 Å². The van der Waals surface area contributed by atoms with Gasteiger partial charge >= 0.3 is 11.7 Å². The maximum Gasteiger partial charge on any atom is 0.332 e. The van der Waals surface area contributed by atoms with Gasteiger partial charge in [0.15, 0.2) is 5.65 Å². The quantitative estimate of drug-likeness (QED) is 0.543.